The number of aliphatic imine (C=N–C) groups is 1. The van der Waals surface area contributed by atoms with E-state index in [4.69, 9.17) is 0 Å². The van der Waals surface area contributed by atoms with Crippen molar-refractivity contribution in [1.82, 2.24) is 15.5 Å². The summed E-state index contributed by atoms with van der Waals surface area (Å²) in [4.78, 5) is 20.1. The molecule has 1 heterocycles. The Kier molecular flexibility index (Phi) is 7.22. The molecule has 1 aromatic rings. The molecule has 0 fully saturated rings. The Balaban J connectivity index is 2.58. The molecule has 0 aromatic carbocycles. The van der Waals surface area contributed by atoms with Gasteiger partial charge in [0.25, 0.3) is 0 Å². The van der Waals surface area contributed by atoms with E-state index in [0.717, 1.165) is 13.1 Å². The fourth-order valence-corrected chi connectivity index (χ4v) is 2.34. The number of nitrogens with zero attached hydrogens (tertiary/aromatic N) is 2. The van der Waals surface area contributed by atoms with Crippen LogP contribution in [0.5, 0.6) is 0 Å². The van der Waals surface area contributed by atoms with Gasteiger partial charge >= 0.3 is 0 Å². The van der Waals surface area contributed by atoms with Gasteiger partial charge < -0.3 is 15.5 Å². The fourth-order valence-electron chi connectivity index (χ4n) is 1.51. The highest BCUT2D eigenvalue weighted by Gasteiger charge is 2.06. The molecule has 0 unspecified atom stereocenters. The van der Waals surface area contributed by atoms with Gasteiger partial charge in [-0.2, -0.15) is 0 Å². The van der Waals surface area contributed by atoms with Gasteiger partial charge in [0.1, 0.15) is 6.54 Å². The number of carbonyl (C=O) groups is 1. The van der Waals surface area contributed by atoms with Crippen LogP contribution >= 0.6 is 11.3 Å². The smallest absolute Gasteiger partial charge is 0.243 e. The molecule has 21 heavy (non-hydrogen) atoms. The summed E-state index contributed by atoms with van der Waals surface area (Å²) in [6.07, 6.45) is 0. The monoisotopic (exact) mass is 310 g/mol. The third kappa shape index (κ3) is 7.13. The molecule has 0 spiro atoms. The number of amides is 1. The van der Waals surface area contributed by atoms with Crippen molar-refractivity contribution in [2.75, 3.05) is 27.2 Å². The lowest BCUT2D eigenvalue weighted by Gasteiger charge is -2.14. The summed E-state index contributed by atoms with van der Waals surface area (Å²) in [6, 6.07) is 4.22. The van der Waals surface area contributed by atoms with Crippen LogP contribution in [0.2, 0.25) is 0 Å². The van der Waals surface area contributed by atoms with Crippen molar-refractivity contribution < 1.29 is 4.79 Å². The Morgan fingerprint density at radius 1 is 1.33 bits per heavy atom. The maximum absolute atomic E-state index is 11.6. The Bertz CT molecular complexity index is 480. The van der Waals surface area contributed by atoms with E-state index in [0.29, 0.717) is 11.9 Å². The number of nitrogens with one attached hydrogen (secondary N) is 2. The average molecular weight is 310 g/mol. The summed E-state index contributed by atoms with van der Waals surface area (Å²) in [5.74, 6) is 1.20. The summed E-state index contributed by atoms with van der Waals surface area (Å²) in [7, 11) is 3.47. The van der Waals surface area contributed by atoms with E-state index in [9.17, 15) is 4.79 Å². The molecule has 1 rings (SSSR count). The third-order valence-corrected chi connectivity index (χ3v) is 3.78. The molecule has 1 aromatic heterocycles. The van der Waals surface area contributed by atoms with Crippen LogP contribution in [0, 0.1) is 12.8 Å². The minimum Gasteiger partial charge on any atom is -0.356 e. The van der Waals surface area contributed by atoms with Crippen molar-refractivity contribution in [3.05, 3.63) is 21.9 Å². The summed E-state index contributed by atoms with van der Waals surface area (Å²) in [5.41, 5.74) is 0. The van der Waals surface area contributed by atoms with Crippen molar-refractivity contribution in [1.29, 1.82) is 0 Å². The Morgan fingerprint density at radius 2 is 2.05 bits per heavy atom. The van der Waals surface area contributed by atoms with Gasteiger partial charge in [-0.3, -0.25) is 4.79 Å². The van der Waals surface area contributed by atoms with Crippen LogP contribution in [0.25, 0.3) is 0 Å². The van der Waals surface area contributed by atoms with E-state index in [1.54, 1.807) is 30.3 Å². The highest BCUT2D eigenvalue weighted by molar-refractivity contribution is 7.11. The Labute approximate surface area is 131 Å². The van der Waals surface area contributed by atoms with Crippen LogP contribution < -0.4 is 10.6 Å². The van der Waals surface area contributed by atoms with Gasteiger partial charge in [0.15, 0.2) is 5.96 Å². The lowest BCUT2D eigenvalue weighted by atomic mass is 10.2. The zero-order chi connectivity index (χ0) is 15.8. The molecule has 2 N–H and O–H groups in total. The zero-order valence-electron chi connectivity index (χ0n) is 13.6. The van der Waals surface area contributed by atoms with Crippen molar-refractivity contribution in [2.24, 2.45) is 10.9 Å². The maximum Gasteiger partial charge on any atom is 0.243 e. The molecule has 0 radical (unpaired) electrons. The first-order chi connectivity index (χ1) is 9.88. The van der Waals surface area contributed by atoms with E-state index in [2.05, 4.69) is 48.5 Å². The number of carbonyl (C=O) groups excluding carboxylic acids is 1. The molecule has 0 saturated carbocycles. The molecule has 0 atom stereocenters. The summed E-state index contributed by atoms with van der Waals surface area (Å²) in [6.45, 7) is 8.07. The van der Waals surface area contributed by atoms with Crippen LogP contribution in [-0.4, -0.2) is 44.0 Å². The number of thiophene rings is 1. The molecule has 0 bridgehead atoms. The number of likely N-dealkylation sites (N-methyl/N-ethyl adjacent to an activating group) is 1. The number of rotatable bonds is 6. The Hall–Kier alpha value is -1.56. The zero-order valence-corrected chi connectivity index (χ0v) is 14.4. The van der Waals surface area contributed by atoms with E-state index in [1.807, 2.05) is 0 Å². The molecule has 6 heteroatoms. The first-order valence-corrected chi connectivity index (χ1v) is 7.97. The molecule has 0 aliphatic rings. The molecule has 0 aliphatic heterocycles. The predicted molar refractivity (Wildman–Crippen MR) is 89.7 cm³/mol. The molecule has 1 amide bonds. The average Bonchev–Trinajstić information content (AvgIpc) is 2.82. The topological polar surface area (TPSA) is 56.7 Å². The third-order valence-electron chi connectivity index (χ3n) is 2.78. The first kappa shape index (κ1) is 17.5. The highest BCUT2D eigenvalue weighted by atomic mass is 32.1. The molecule has 0 aliphatic carbocycles. The summed E-state index contributed by atoms with van der Waals surface area (Å²) >= 11 is 1.76. The molecule has 0 saturated heterocycles. The van der Waals surface area contributed by atoms with Gasteiger partial charge in [-0.05, 0) is 25.0 Å². The minimum atomic E-state index is -0.00684. The van der Waals surface area contributed by atoms with Crippen molar-refractivity contribution in [3.8, 4) is 0 Å². The van der Waals surface area contributed by atoms with Gasteiger partial charge in [0.2, 0.25) is 5.91 Å². The minimum absolute atomic E-state index is 0.00684. The fraction of sp³-hybridized carbons (Fsp3) is 0.600. The number of hydrogen-bond acceptors (Lipinski definition) is 3. The number of guanidine groups is 1. The molecule has 118 valence electrons. The largest absolute Gasteiger partial charge is 0.356 e. The molecular formula is C15H26N4OS. The van der Waals surface area contributed by atoms with Gasteiger partial charge in [0, 0.05) is 30.4 Å². The summed E-state index contributed by atoms with van der Waals surface area (Å²) < 4.78 is 0. The van der Waals surface area contributed by atoms with Gasteiger partial charge in [-0.25, -0.2) is 4.99 Å². The number of aryl methyl sites for hydroxylation is 1. The lowest BCUT2D eigenvalue weighted by molar-refractivity contribution is -0.127. The molecule has 5 nitrogen and oxygen atoms in total. The van der Waals surface area contributed by atoms with Gasteiger partial charge in [-0.15, -0.1) is 11.3 Å². The molecular weight excluding hydrogens is 284 g/mol. The van der Waals surface area contributed by atoms with Crippen molar-refractivity contribution >= 4 is 23.2 Å². The second-order valence-corrected chi connectivity index (χ2v) is 6.97. The number of hydrogen-bond donors (Lipinski definition) is 2. The van der Waals surface area contributed by atoms with Crippen LogP contribution in [0.3, 0.4) is 0 Å². The Morgan fingerprint density at radius 3 is 2.57 bits per heavy atom. The van der Waals surface area contributed by atoms with E-state index in [-0.39, 0.29) is 12.5 Å². The second kappa shape index (κ2) is 8.67. The van der Waals surface area contributed by atoms with Crippen molar-refractivity contribution in [2.45, 2.75) is 27.3 Å². The van der Waals surface area contributed by atoms with Crippen LogP contribution in [0.4, 0.5) is 0 Å². The maximum atomic E-state index is 11.6. The van der Waals surface area contributed by atoms with Crippen LogP contribution in [-0.2, 0) is 11.3 Å². The van der Waals surface area contributed by atoms with Gasteiger partial charge in [-0.1, -0.05) is 13.8 Å². The van der Waals surface area contributed by atoms with E-state index >= 15 is 0 Å². The standard InChI is InChI=1S/C15H26N4OS/c1-11(2)8-16-15(18-10-14(20)19(4)5)17-9-13-7-6-12(3)21-13/h6-7,11H,8-10H2,1-5H3,(H2,16,17,18). The van der Waals surface area contributed by atoms with Crippen molar-refractivity contribution in [3.63, 3.8) is 0 Å². The lowest BCUT2D eigenvalue weighted by Crippen LogP contribution is -2.39. The first-order valence-electron chi connectivity index (χ1n) is 7.16. The normalized spacial score (nSPS) is 11.6. The van der Waals surface area contributed by atoms with Gasteiger partial charge in [0.05, 0.1) is 6.54 Å². The highest BCUT2D eigenvalue weighted by Crippen LogP contribution is 2.14. The summed E-state index contributed by atoms with van der Waals surface area (Å²) in [5, 5.41) is 6.54. The van der Waals surface area contributed by atoms with Crippen LogP contribution in [0.1, 0.15) is 23.6 Å². The quantitative estimate of drug-likeness (QED) is 0.623. The predicted octanol–water partition coefficient (Wildman–Crippen LogP) is 1.84. The van der Waals surface area contributed by atoms with E-state index in [1.165, 1.54) is 9.75 Å². The second-order valence-electron chi connectivity index (χ2n) is 5.59. The SMILES string of the molecule is Cc1ccc(CNC(=NCC(=O)N(C)C)NCC(C)C)s1. The van der Waals surface area contributed by atoms with Crippen LogP contribution in [0.15, 0.2) is 17.1 Å². The van der Waals surface area contributed by atoms with E-state index < -0.39 is 0 Å².